The van der Waals surface area contributed by atoms with Gasteiger partial charge in [0, 0.05) is 42.1 Å². The maximum Gasteiger partial charge on any atom is 0.0959 e. The number of thiazole rings is 1. The zero-order valence-corrected chi connectivity index (χ0v) is 12.0. The molecule has 1 fully saturated rings. The molecular weight excluding hydrogens is 256 g/mol. The number of aromatic nitrogens is 1. The van der Waals surface area contributed by atoms with Gasteiger partial charge in [0.15, 0.2) is 0 Å². The van der Waals surface area contributed by atoms with Gasteiger partial charge in [-0.1, -0.05) is 25.0 Å². The van der Waals surface area contributed by atoms with Gasteiger partial charge in [-0.3, -0.25) is 0 Å². The van der Waals surface area contributed by atoms with Crippen molar-refractivity contribution < 1.29 is 5.11 Å². The van der Waals surface area contributed by atoms with Gasteiger partial charge in [0.05, 0.1) is 5.01 Å². The van der Waals surface area contributed by atoms with Crippen LogP contribution in [0.3, 0.4) is 0 Å². The number of nitrogens with one attached hydrogen (secondary N) is 1. The zero-order valence-electron chi connectivity index (χ0n) is 11.2. The van der Waals surface area contributed by atoms with E-state index in [1.165, 1.54) is 35.6 Å². The van der Waals surface area contributed by atoms with Crippen LogP contribution < -0.4 is 5.32 Å². The quantitative estimate of drug-likeness (QED) is 0.814. The molecule has 4 heteroatoms. The Kier molecular flexibility index (Phi) is 4.31. The molecule has 3 rings (SSSR count). The van der Waals surface area contributed by atoms with E-state index in [-0.39, 0.29) is 6.61 Å². The van der Waals surface area contributed by atoms with Crippen LogP contribution >= 0.6 is 11.3 Å². The normalized spacial score (nSPS) is 27.4. The van der Waals surface area contributed by atoms with Gasteiger partial charge in [-0.25, -0.2) is 4.98 Å². The van der Waals surface area contributed by atoms with Crippen molar-refractivity contribution in [3.05, 3.63) is 28.2 Å². The molecule has 0 spiro atoms. The molecule has 1 heterocycles. The minimum atomic E-state index is 0.265. The van der Waals surface area contributed by atoms with Crippen LogP contribution in [-0.4, -0.2) is 22.7 Å². The van der Waals surface area contributed by atoms with E-state index in [1.54, 1.807) is 0 Å². The molecule has 0 saturated heterocycles. The molecule has 0 aromatic carbocycles. The number of rotatable bonds is 5. The number of hydrogen-bond donors (Lipinski definition) is 2. The molecule has 2 aliphatic rings. The predicted molar refractivity (Wildman–Crippen MR) is 78.3 cm³/mol. The zero-order chi connectivity index (χ0) is 13.1. The Bertz CT molecular complexity index is 437. The molecule has 19 heavy (non-hydrogen) atoms. The lowest BCUT2D eigenvalue weighted by molar-refractivity contribution is 0.246. The first-order valence-corrected chi connectivity index (χ1v) is 8.14. The molecule has 104 valence electrons. The second-order valence-electron chi connectivity index (χ2n) is 5.70. The molecule has 0 bridgehead atoms. The van der Waals surface area contributed by atoms with Crippen LogP contribution in [0.25, 0.3) is 0 Å². The number of hydrogen-bond acceptors (Lipinski definition) is 4. The van der Waals surface area contributed by atoms with Gasteiger partial charge in [0.2, 0.25) is 0 Å². The van der Waals surface area contributed by atoms with Crippen LogP contribution in [-0.2, 0) is 6.54 Å². The minimum Gasteiger partial charge on any atom is -0.396 e. The standard InChI is InChI=1S/C15H22N2OS/c18-10-11-5-6-13(7-11)16-8-14-9-17-15(19-14)12-3-1-2-4-12/h5-6,9,11-13,16,18H,1-4,7-8,10H2/t11-,13+/m0/s1. The second-order valence-corrected chi connectivity index (χ2v) is 6.84. The van der Waals surface area contributed by atoms with E-state index in [4.69, 9.17) is 5.11 Å². The lowest BCUT2D eigenvalue weighted by Gasteiger charge is -2.11. The van der Waals surface area contributed by atoms with Crippen LogP contribution in [0.1, 0.15) is 47.9 Å². The molecule has 2 aliphatic carbocycles. The van der Waals surface area contributed by atoms with E-state index in [0.717, 1.165) is 18.9 Å². The predicted octanol–water partition coefficient (Wildman–Crippen LogP) is 2.83. The van der Waals surface area contributed by atoms with Crippen LogP contribution in [0.15, 0.2) is 18.3 Å². The third kappa shape index (κ3) is 3.25. The van der Waals surface area contributed by atoms with Crippen molar-refractivity contribution in [1.82, 2.24) is 10.3 Å². The lowest BCUT2D eigenvalue weighted by atomic mass is 10.1. The fourth-order valence-electron chi connectivity index (χ4n) is 3.06. The van der Waals surface area contributed by atoms with Gasteiger partial charge in [0.25, 0.3) is 0 Å². The van der Waals surface area contributed by atoms with Crippen molar-refractivity contribution in [3.63, 3.8) is 0 Å². The van der Waals surface area contributed by atoms with Gasteiger partial charge in [-0.05, 0) is 19.3 Å². The Morgan fingerprint density at radius 2 is 2.16 bits per heavy atom. The van der Waals surface area contributed by atoms with Gasteiger partial charge in [-0.15, -0.1) is 11.3 Å². The first-order chi connectivity index (χ1) is 9.35. The summed E-state index contributed by atoms with van der Waals surface area (Å²) in [5.41, 5.74) is 0. The van der Waals surface area contributed by atoms with Crippen molar-refractivity contribution in [2.75, 3.05) is 6.61 Å². The highest BCUT2D eigenvalue weighted by Gasteiger charge is 2.21. The topological polar surface area (TPSA) is 45.1 Å². The van der Waals surface area contributed by atoms with Crippen molar-refractivity contribution >= 4 is 11.3 Å². The second kappa shape index (κ2) is 6.16. The smallest absolute Gasteiger partial charge is 0.0959 e. The molecule has 0 radical (unpaired) electrons. The molecule has 0 amide bonds. The van der Waals surface area contributed by atoms with E-state index in [0.29, 0.717) is 12.0 Å². The van der Waals surface area contributed by atoms with E-state index >= 15 is 0 Å². The maximum absolute atomic E-state index is 9.11. The molecule has 2 N–H and O–H groups in total. The van der Waals surface area contributed by atoms with Gasteiger partial charge in [0.1, 0.15) is 0 Å². The Hall–Kier alpha value is -0.710. The summed E-state index contributed by atoms with van der Waals surface area (Å²) in [7, 11) is 0. The molecule has 3 nitrogen and oxygen atoms in total. The molecule has 2 atom stereocenters. The van der Waals surface area contributed by atoms with Crippen LogP contribution in [0.5, 0.6) is 0 Å². The summed E-state index contributed by atoms with van der Waals surface area (Å²) < 4.78 is 0. The molecule has 1 saturated carbocycles. The van der Waals surface area contributed by atoms with E-state index < -0.39 is 0 Å². The molecule has 1 aromatic heterocycles. The average Bonchev–Trinajstić information content (AvgIpc) is 3.16. The van der Waals surface area contributed by atoms with Crippen molar-refractivity contribution in [2.24, 2.45) is 5.92 Å². The summed E-state index contributed by atoms with van der Waals surface area (Å²) in [6.45, 7) is 1.17. The number of aliphatic hydroxyl groups excluding tert-OH is 1. The summed E-state index contributed by atoms with van der Waals surface area (Å²) in [6.07, 6.45) is 12.7. The minimum absolute atomic E-state index is 0.265. The highest BCUT2D eigenvalue weighted by Crippen LogP contribution is 2.36. The van der Waals surface area contributed by atoms with Crippen molar-refractivity contribution in [1.29, 1.82) is 0 Å². The maximum atomic E-state index is 9.11. The Morgan fingerprint density at radius 1 is 1.32 bits per heavy atom. The highest BCUT2D eigenvalue weighted by molar-refractivity contribution is 7.11. The summed E-state index contributed by atoms with van der Waals surface area (Å²) in [5, 5.41) is 14.0. The SMILES string of the molecule is OC[C@H]1C=C[C@@H](NCc2cnc(C3CCCC3)s2)C1. The Labute approximate surface area is 118 Å². The molecule has 1 aromatic rings. The van der Waals surface area contributed by atoms with Crippen LogP contribution in [0.4, 0.5) is 0 Å². The van der Waals surface area contributed by atoms with E-state index in [2.05, 4.69) is 22.5 Å². The molecular formula is C15H22N2OS. The largest absolute Gasteiger partial charge is 0.396 e. The third-order valence-electron chi connectivity index (χ3n) is 4.22. The molecule has 0 aliphatic heterocycles. The number of nitrogens with zero attached hydrogens (tertiary/aromatic N) is 1. The summed E-state index contributed by atoms with van der Waals surface area (Å²) in [5.74, 6) is 1.07. The van der Waals surface area contributed by atoms with Gasteiger partial charge < -0.3 is 10.4 Å². The van der Waals surface area contributed by atoms with Gasteiger partial charge in [-0.2, -0.15) is 0 Å². The summed E-state index contributed by atoms with van der Waals surface area (Å²) in [4.78, 5) is 5.93. The Morgan fingerprint density at radius 3 is 2.89 bits per heavy atom. The van der Waals surface area contributed by atoms with E-state index in [1.807, 2.05) is 17.5 Å². The summed E-state index contributed by atoms with van der Waals surface area (Å²) >= 11 is 1.87. The third-order valence-corrected chi connectivity index (χ3v) is 5.38. The monoisotopic (exact) mass is 278 g/mol. The fourth-order valence-corrected chi connectivity index (χ4v) is 4.10. The molecule has 0 unspecified atom stereocenters. The van der Waals surface area contributed by atoms with Crippen LogP contribution in [0, 0.1) is 5.92 Å². The van der Waals surface area contributed by atoms with Gasteiger partial charge >= 0.3 is 0 Å². The Balaban J connectivity index is 1.49. The lowest BCUT2D eigenvalue weighted by Crippen LogP contribution is -2.25. The van der Waals surface area contributed by atoms with Crippen molar-refractivity contribution in [2.45, 2.75) is 50.6 Å². The summed E-state index contributed by atoms with van der Waals surface area (Å²) in [6, 6.07) is 0.411. The van der Waals surface area contributed by atoms with Crippen molar-refractivity contribution in [3.8, 4) is 0 Å². The number of aliphatic hydroxyl groups is 1. The average molecular weight is 278 g/mol. The first kappa shape index (κ1) is 13.3. The highest BCUT2D eigenvalue weighted by atomic mass is 32.1. The van der Waals surface area contributed by atoms with E-state index in [9.17, 15) is 0 Å². The first-order valence-electron chi connectivity index (χ1n) is 7.32. The fraction of sp³-hybridized carbons (Fsp3) is 0.667. The van der Waals surface area contributed by atoms with Crippen LogP contribution in [0.2, 0.25) is 0 Å².